The normalized spacial score (nSPS) is 11.7. The first-order chi connectivity index (χ1) is 18.6. The van der Waals surface area contributed by atoms with Gasteiger partial charge in [-0.15, -0.1) is 21.5 Å². The molecule has 1 unspecified atom stereocenters. The van der Waals surface area contributed by atoms with Crippen LogP contribution in [0.5, 0.6) is 5.75 Å². The van der Waals surface area contributed by atoms with Crippen molar-refractivity contribution >= 4 is 45.9 Å². The Balaban J connectivity index is 1.74. The van der Waals surface area contributed by atoms with Crippen LogP contribution in [0.15, 0.2) is 23.4 Å². The summed E-state index contributed by atoms with van der Waals surface area (Å²) in [4.78, 5) is 38.1. The van der Waals surface area contributed by atoms with Crippen LogP contribution in [0.3, 0.4) is 0 Å². The molecule has 39 heavy (non-hydrogen) atoms. The summed E-state index contributed by atoms with van der Waals surface area (Å²) in [5.41, 5.74) is 2.77. The van der Waals surface area contributed by atoms with Crippen molar-refractivity contribution in [2.75, 3.05) is 24.3 Å². The van der Waals surface area contributed by atoms with E-state index in [1.165, 1.54) is 11.8 Å². The summed E-state index contributed by atoms with van der Waals surface area (Å²) in [5.74, 6) is -0.0853. The number of anilines is 1. The van der Waals surface area contributed by atoms with Crippen molar-refractivity contribution < 1.29 is 28.6 Å². The summed E-state index contributed by atoms with van der Waals surface area (Å²) in [6, 6.07) is 5.91. The number of aryl methyl sites for hydroxylation is 1. The van der Waals surface area contributed by atoms with Gasteiger partial charge in [-0.25, -0.2) is 9.59 Å². The van der Waals surface area contributed by atoms with Crippen LogP contribution < -0.4 is 10.1 Å². The molecule has 2 heterocycles. The Morgan fingerprint density at radius 2 is 1.72 bits per heavy atom. The molecule has 0 fully saturated rings. The number of carbonyl (C=O) groups excluding carboxylic acids is 3. The van der Waals surface area contributed by atoms with Crippen LogP contribution >= 0.6 is 23.1 Å². The highest BCUT2D eigenvalue weighted by atomic mass is 32.2. The van der Waals surface area contributed by atoms with E-state index in [1.807, 2.05) is 50.5 Å². The Bertz CT molecular complexity index is 1350. The van der Waals surface area contributed by atoms with E-state index in [0.717, 1.165) is 28.2 Å². The van der Waals surface area contributed by atoms with Crippen molar-refractivity contribution in [3.05, 3.63) is 51.2 Å². The summed E-state index contributed by atoms with van der Waals surface area (Å²) in [6.07, 6.45) is -0.358. The fourth-order valence-electron chi connectivity index (χ4n) is 3.83. The molecule has 3 aromatic rings. The number of esters is 2. The molecule has 2 aromatic heterocycles. The first-order valence-electron chi connectivity index (χ1n) is 12.7. The van der Waals surface area contributed by atoms with Gasteiger partial charge in [0.2, 0.25) is 5.91 Å². The number of thioether (sulfide) groups is 1. The van der Waals surface area contributed by atoms with Gasteiger partial charge in [0.1, 0.15) is 15.6 Å². The molecule has 1 N–H and O–H groups in total. The summed E-state index contributed by atoms with van der Waals surface area (Å²) in [5, 5.41) is 12.2. The van der Waals surface area contributed by atoms with Gasteiger partial charge in [-0.05, 0) is 71.2 Å². The Labute approximate surface area is 236 Å². The van der Waals surface area contributed by atoms with E-state index in [9.17, 15) is 14.4 Å². The average molecular weight is 575 g/mol. The van der Waals surface area contributed by atoms with E-state index in [4.69, 9.17) is 14.2 Å². The summed E-state index contributed by atoms with van der Waals surface area (Å²) in [7, 11) is 0. The van der Waals surface area contributed by atoms with E-state index in [0.29, 0.717) is 23.1 Å². The Kier molecular flexibility index (Phi) is 10.5. The quantitative estimate of drug-likeness (QED) is 0.220. The molecule has 12 heteroatoms. The minimum atomic E-state index is -0.613. The molecule has 0 saturated heterocycles. The fraction of sp³-hybridized carbons (Fsp3) is 0.444. The van der Waals surface area contributed by atoms with Gasteiger partial charge in [0.05, 0.1) is 24.5 Å². The summed E-state index contributed by atoms with van der Waals surface area (Å²) in [6.45, 7) is 13.9. The second-order valence-corrected chi connectivity index (χ2v) is 10.5. The minimum Gasteiger partial charge on any atom is -0.482 e. The van der Waals surface area contributed by atoms with Crippen LogP contribution in [0, 0.1) is 20.8 Å². The van der Waals surface area contributed by atoms with Crippen LogP contribution in [0.25, 0.3) is 0 Å². The third kappa shape index (κ3) is 6.99. The molecule has 0 bridgehead atoms. The first kappa shape index (κ1) is 30.2. The van der Waals surface area contributed by atoms with Crippen LogP contribution in [0.1, 0.15) is 76.3 Å². The maximum atomic E-state index is 12.9. The van der Waals surface area contributed by atoms with Gasteiger partial charge in [-0.2, -0.15) is 0 Å². The zero-order valence-electron chi connectivity index (χ0n) is 23.2. The molecule has 0 aliphatic carbocycles. The van der Waals surface area contributed by atoms with Gasteiger partial charge in [0.25, 0.3) is 0 Å². The van der Waals surface area contributed by atoms with Crippen molar-refractivity contribution in [2.24, 2.45) is 0 Å². The van der Waals surface area contributed by atoms with Gasteiger partial charge >= 0.3 is 11.9 Å². The lowest BCUT2D eigenvalue weighted by Gasteiger charge is -2.17. The summed E-state index contributed by atoms with van der Waals surface area (Å²) >= 11 is 2.21. The monoisotopic (exact) mass is 574 g/mol. The SMILES string of the molecule is CCOC(=O)c1sc(NC(=O)CSc2nnc(C(C)Oc3cccc(C)c3C)n2CC)c(C(=O)OCC)c1C. The highest BCUT2D eigenvalue weighted by molar-refractivity contribution is 7.99. The largest absolute Gasteiger partial charge is 0.482 e. The second-order valence-electron chi connectivity index (χ2n) is 8.58. The highest BCUT2D eigenvalue weighted by Gasteiger charge is 2.27. The molecule has 10 nitrogen and oxygen atoms in total. The van der Waals surface area contributed by atoms with E-state index in [2.05, 4.69) is 15.5 Å². The van der Waals surface area contributed by atoms with Gasteiger partial charge in [0.15, 0.2) is 17.1 Å². The number of benzene rings is 1. The van der Waals surface area contributed by atoms with Gasteiger partial charge < -0.3 is 24.1 Å². The molecule has 210 valence electrons. The Morgan fingerprint density at radius 1 is 1.03 bits per heavy atom. The van der Waals surface area contributed by atoms with Gasteiger partial charge in [-0.1, -0.05) is 23.9 Å². The molecular formula is C27H34N4O6S2. The molecule has 0 spiro atoms. The first-order valence-corrected chi connectivity index (χ1v) is 14.5. The number of thiophene rings is 1. The standard InChI is InChI=1S/C27H34N4O6S2/c1-8-31-23(18(7)37-19-13-11-12-15(4)16(19)5)29-30-27(31)38-14-20(32)28-24-21(25(33)35-9-2)17(6)22(39-24)26(34)36-10-3/h11-13,18H,8-10,14H2,1-7H3,(H,28,32). The number of carbonyl (C=O) groups is 3. The fourth-order valence-corrected chi connectivity index (χ4v) is 5.75. The number of amides is 1. The lowest BCUT2D eigenvalue weighted by Crippen LogP contribution is -2.17. The van der Waals surface area contributed by atoms with Crippen molar-refractivity contribution in [2.45, 2.75) is 66.3 Å². The molecule has 0 aliphatic rings. The summed E-state index contributed by atoms with van der Waals surface area (Å²) < 4.78 is 18.3. The van der Waals surface area contributed by atoms with Crippen molar-refractivity contribution in [3.63, 3.8) is 0 Å². The van der Waals surface area contributed by atoms with Crippen molar-refractivity contribution in [3.8, 4) is 5.75 Å². The number of rotatable bonds is 12. The smallest absolute Gasteiger partial charge is 0.348 e. The van der Waals surface area contributed by atoms with E-state index >= 15 is 0 Å². The average Bonchev–Trinajstić information content (AvgIpc) is 3.46. The molecule has 0 aliphatic heterocycles. The molecule has 1 aromatic carbocycles. The van der Waals surface area contributed by atoms with Crippen LogP contribution in [0.2, 0.25) is 0 Å². The lowest BCUT2D eigenvalue weighted by atomic mass is 10.1. The van der Waals surface area contributed by atoms with E-state index in [1.54, 1.807) is 20.8 Å². The number of hydrogen-bond acceptors (Lipinski definition) is 10. The van der Waals surface area contributed by atoms with Crippen LogP contribution in [0.4, 0.5) is 5.00 Å². The Morgan fingerprint density at radius 3 is 2.38 bits per heavy atom. The van der Waals surface area contributed by atoms with Gasteiger partial charge in [0, 0.05) is 6.54 Å². The number of nitrogens with zero attached hydrogens (tertiary/aromatic N) is 3. The van der Waals surface area contributed by atoms with Crippen LogP contribution in [-0.2, 0) is 20.8 Å². The zero-order chi connectivity index (χ0) is 28.7. The third-order valence-corrected chi connectivity index (χ3v) is 8.11. The zero-order valence-corrected chi connectivity index (χ0v) is 24.9. The number of aromatic nitrogens is 3. The number of ether oxygens (including phenoxy) is 3. The number of nitrogens with one attached hydrogen (secondary N) is 1. The minimum absolute atomic E-state index is 0.0122. The van der Waals surface area contributed by atoms with Crippen molar-refractivity contribution in [1.29, 1.82) is 0 Å². The highest BCUT2D eigenvalue weighted by Crippen LogP contribution is 2.35. The maximum Gasteiger partial charge on any atom is 0.348 e. The third-order valence-electron chi connectivity index (χ3n) is 5.96. The van der Waals surface area contributed by atoms with Crippen molar-refractivity contribution in [1.82, 2.24) is 14.8 Å². The van der Waals surface area contributed by atoms with Crippen LogP contribution in [-0.4, -0.2) is 51.6 Å². The van der Waals surface area contributed by atoms with E-state index in [-0.39, 0.29) is 46.4 Å². The van der Waals surface area contributed by atoms with E-state index < -0.39 is 11.9 Å². The predicted octanol–water partition coefficient (Wildman–Crippen LogP) is 5.51. The molecule has 1 atom stereocenters. The molecule has 0 saturated carbocycles. The maximum absolute atomic E-state index is 12.9. The predicted molar refractivity (Wildman–Crippen MR) is 151 cm³/mol. The Hall–Kier alpha value is -3.38. The second kappa shape index (κ2) is 13.6. The molecule has 3 rings (SSSR count). The topological polar surface area (TPSA) is 122 Å². The number of hydrogen-bond donors (Lipinski definition) is 1. The van der Waals surface area contributed by atoms with Gasteiger partial charge in [-0.3, -0.25) is 4.79 Å². The molecule has 1 amide bonds. The molecule has 0 radical (unpaired) electrons. The molecular weight excluding hydrogens is 540 g/mol. The lowest BCUT2D eigenvalue weighted by molar-refractivity contribution is -0.113.